The molecule has 1 aliphatic rings. The molecule has 0 radical (unpaired) electrons. The maximum atomic E-state index is 9.81. The van der Waals surface area contributed by atoms with Crippen molar-refractivity contribution in [3.05, 3.63) is 90.0 Å². The van der Waals surface area contributed by atoms with Crippen LogP contribution < -0.4 is 15.8 Å². The normalized spacial score (nSPS) is 14.9. The van der Waals surface area contributed by atoms with Crippen molar-refractivity contribution in [3.63, 3.8) is 0 Å². The summed E-state index contributed by atoms with van der Waals surface area (Å²) in [6.07, 6.45) is 0. The van der Waals surface area contributed by atoms with Crippen LogP contribution in [0.25, 0.3) is 11.3 Å². The summed E-state index contributed by atoms with van der Waals surface area (Å²) in [5.41, 5.74) is 10.1. The van der Waals surface area contributed by atoms with E-state index in [9.17, 15) is 5.26 Å². The summed E-state index contributed by atoms with van der Waals surface area (Å²) in [6, 6.07) is 27.5. The number of nitriles is 1. The predicted octanol–water partition coefficient (Wildman–Crippen LogP) is 5.01. The highest BCUT2D eigenvalue weighted by atomic mass is 16.5. The first-order valence-corrected chi connectivity index (χ1v) is 10.2. The van der Waals surface area contributed by atoms with Crippen LogP contribution in [0, 0.1) is 11.3 Å². The SMILES string of the molecule is N#Cc1c(-c2ccc(Oc3ccccc3)cc2)nn2c1NCC(c1ccccc1N)C2. The lowest BCUT2D eigenvalue weighted by molar-refractivity contribution is 0.483. The number of hydrogen-bond acceptors (Lipinski definition) is 5. The molecule has 0 spiro atoms. The molecule has 0 saturated heterocycles. The van der Waals surface area contributed by atoms with Gasteiger partial charge in [0, 0.05) is 23.7 Å². The Bertz CT molecular complexity index is 1260. The Labute approximate surface area is 180 Å². The van der Waals surface area contributed by atoms with Crippen LogP contribution in [0.4, 0.5) is 11.5 Å². The Kier molecular flexibility index (Phi) is 4.77. The molecule has 1 aromatic heterocycles. The number of para-hydroxylation sites is 2. The van der Waals surface area contributed by atoms with Gasteiger partial charge in [-0.05, 0) is 48.0 Å². The Morgan fingerprint density at radius 1 is 0.968 bits per heavy atom. The summed E-state index contributed by atoms with van der Waals surface area (Å²) in [6.45, 7) is 1.37. The monoisotopic (exact) mass is 407 g/mol. The summed E-state index contributed by atoms with van der Waals surface area (Å²) in [5, 5.41) is 18.0. The topological polar surface area (TPSA) is 88.9 Å². The van der Waals surface area contributed by atoms with E-state index in [1.54, 1.807) is 0 Å². The summed E-state index contributed by atoms with van der Waals surface area (Å²) in [5.74, 6) is 2.46. The molecule has 31 heavy (non-hydrogen) atoms. The lowest BCUT2D eigenvalue weighted by Gasteiger charge is -2.26. The van der Waals surface area contributed by atoms with E-state index in [0.717, 1.165) is 34.1 Å². The van der Waals surface area contributed by atoms with Crippen LogP contribution in [-0.4, -0.2) is 16.3 Å². The summed E-state index contributed by atoms with van der Waals surface area (Å²) >= 11 is 0. The van der Waals surface area contributed by atoms with E-state index in [1.165, 1.54) is 0 Å². The molecular formula is C25H21N5O. The fourth-order valence-corrected chi connectivity index (χ4v) is 3.97. The number of nitrogens with one attached hydrogen (secondary N) is 1. The first-order valence-electron chi connectivity index (χ1n) is 10.2. The van der Waals surface area contributed by atoms with E-state index >= 15 is 0 Å². The number of nitrogens with zero attached hydrogens (tertiary/aromatic N) is 3. The van der Waals surface area contributed by atoms with E-state index in [2.05, 4.69) is 11.4 Å². The van der Waals surface area contributed by atoms with Crippen LogP contribution in [0.15, 0.2) is 78.9 Å². The van der Waals surface area contributed by atoms with Crippen LogP contribution in [0.1, 0.15) is 17.0 Å². The Balaban J connectivity index is 1.42. The van der Waals surface area contributed by atoms with Crippen molar-refractivity contribution < 1.29 is 4.74 Å². The van der Waals surface area contributed by atoms with Gasteiger partial charge in [-0.25, -0.2) is 4.68 Å². The highest BCUT2D eigenvalue weighted by molar-refractivity contribution is 5.74. The van der Waals surface area contributed by atoms with Crippen LogP contribution >= 0.6 is 0 Å². The number of benzene rings is 3. The molecule has 1 aliphatic heterocycles. The Hall–Kier alpha value is -4.24. The second-order valence-electron chi connectivity index (χ2n) is 7.51. The van der Waals surface area contributed by atoms with Crippen molar-refractivity contribution in [2.75, 3.05) is 17.6 Å². The molecule has 3 aromatic carbocycles. The third-order valence-electron chi connectivity index (χ3n) is 5.52. The van der Waals surface area contributed by atoms with Gasteiger partial charge in [0.15, 0.2) is 0 Å². The van der Waals surface area contributed by atoms with Crippen molar-refractivity contribution in [2.45, 2.75) is 12.5 Å². The zero-order valence-electron chi connectivity index (χ0n) is 16.8. The van der Waals surface area contributed by atoms with Gasteiger partial charge in [0.05, 0.1) is 6.54 Å². The van der Waals surface area contributed by atoms with Gasteiger partial charge in [0.1, 0.15) is 34.6 Å². The van der Waals surface area contributed by atoms with E-state index in [4.69, 9.17) is 15.6 Å². The maximum Gasteiger partial charge on any atom is 0.143 e. The van der Waals surface area contributed by atoms with Gasteiger partial charge in [-0.15, -0.1) is 0 Å². The smallest absolute Gasteiger partial charge is 0.143 e. The number of anilines is 2. The number of aromatic nitrogens is 2. The number of rotatable bonds is 4. The summed E-state index contributed by atoms with van der Waals surface area (Å²) in [7, 11) is 0. The van der Waals surface area contributed by atoms with Gasteiger partial charge in [-0.2, -0.15) is 10.4 Å². The fraction of sp³-hybridized carbons (Fsp3) is 0.120. The van der Waals surface area contributed by atoms with Gasteiger partial charge in [-0.1, -0.05) is 36.4 Å². The van der Waals surface area contributed by atoms with E-state index in [1.807, 2.05) is 83.5 Å². The zero-order chi connectivity index (χ0) is 21.2. The molecule has 4 aromatic rings. The lowest BCUT2D eigenvalue weighted by Crippen LogP contribution is -2.27. The number of ether oxygens (including phenoxy) is 1. The average Bonchev–Trinajstić information content (AvgIpc) is 3.18. The average molecular weight is 407 g/mol. The van der Waals surface area contributed by atoms with Gasteiger partial charge in [0.25, 0.3) is 0 Å². The number of nitrogen functional groups attached to an aromatic ring is 1. The Morgan fingerprint density at radius 2 is 1.68 bits per heavy atom. The third kappa shape index (κ3) is 3.58. The third-order valence-corrected chi connectivity index (χ3v) is 5.52. The molecule has 6 heteroatoms. The van der Waals surface area contributed by atoms with E-state index < -0.39 is 0 Å². The molecule has 0 amide bonds. The molecule has 3 N–H and O–H groups in total. The molecule has 6 nitrogen and oxygen atoms in total. The molecule has 0 bridgehead atoms. The highest BCUT2D eigenvalue weighted by Crippen LogP contribution is 2.35. The van der Waals surface area contributed by atoms with Gasteiger partial charge >= 0.3 is 0 Å². The molecule has 0 aliphatic carbocycles. The molecule has 152 valence electrons. The van der Waals surface area contributed by atoms with Gasteiger partial charge in [0.2, 0.25) is 0 Å². The minimum Gasteiger partial charge on any atom is -0.457 e. The number of hydrogen-bond donors (Lipinski definition) is 2. The van der Waals surface area contributed by atoms with Crippen molar-refractivity contribution in [3.8, 4) is 28.8 Å². The van der Waals surface area contributed by atoms with Crippen molar-refractivity contribution in [2.24, 2.45) is 0 Å². The predicted molar refractivity (Wildman–Crippen MR) is 121 cm³/mol. The molecule has 0 fully saturated rings. The van der Waals surface area contributed by atoms with Gasteiger partial charge < -0.3 is 15.8 Å². The van der Waals surface area contributed by atoms with Crippen LogP contribution in [0.3, 0.4) is 0 Å². The van der Waals surface area contributed by atoms with Crippen molar-refractivity contribution in [1.29, 1.82) is 5.26 Å². The molecular weight excluding hydrogens is 386 g/mol. The van der Waals surface area contributed by atoms with Crippen LogP contribution in [-0.2, 0) is 6.54 Å². The summed E-state index contributed by atoms with van der Waals surface area (Å²) in [4.78, 5) is 0. The standard InChI is InChI=1S/C25H21N5O/c26-14-22-24(17-10-12-20(13-11-17)31-19-6-2-1-3-7-19)29-30-16-18(15-28-25(22)30)21-8-4-5-9-23(21)27/h1-13,18,28H,15-16,27H2. The molecule has 2 heterocycles. The van der Waals surface area contributed by atoms with E-state index in [0.29, 0.717) is 24.3 Å². The van der Waals surface area contributed by atoms with Crippen LogP contribution in [0.5, 0.6) is 11.5 Å². The second kappa shape index (κ2) is 7.88. The molecule has 5 rings (SSSR count). The molecule has 1 unspecified atom stereocenters. The molecule has 1 atom stereocenters. The first kappa shape index (κ1) is 18.8. The number of nitrogens with two attached hydrogens (primary N) is 1. The lowest BCUT2D eigenvalue weighted by atomic mass is 9.96. The van der Waals surface area contributed by atoms with Gasteiger partial charge in [-0.3, -0.25) is 0 Å². The van der Waals surface area contributed by atoms with Crippen molar-refractivity contribution in [1.82, 2.24) is 9.78 Å². The van der Waals surface area contributed by atoms with E-state index in [-0.39, 0.29) is 5.92 Å². The minimum absolute atomic E-state index is 0.189. The second-order valence-corrected chi connectivity index (χ2v) is 7.51. The first-order chi connectivity index (χ1) is 15.2. The summed E-state index contributed by atoms with van der Waals surface area (Å²) < 4.78 is 7.74. The number of fused-ring (bicyclic) bond motifs is 1. The largest absolute Gasteiger partial charge is 0.457 e. The van der Waals surface area contributed by atoms with Crippen LogP contribution in [0.2, 0.25) is 0 Å². The maximum absolute atomic E-state index is 9.81. The molecule has 0 saturated carbocycles. The minimum atomic E-state index is 0.189. The highest BCUT2D eigenvalue weighted by Gasteiger charge is 2.27. The zero-order valence-corrected chi connectivity index (χ0v) is 16.8. The fourth-order valence-electron chi connectivity index (χ4n) is 3.97. The van der Waals surface area contributed by atoms with Crippen molar-refractivity contribution >= 4 is 11.5 Å². The Morgan fingerprint density at radius 3 is 2.42 bits per heavy atom. The quantitative estimate of drug-likeness (QED) is 0.465.